The van der Waals surface area contributed by atoms with Crippen molar-refractivity contribution in [2.45, 2.75) is 39.7 Å². The summed E-state index contributed by atoms with van der Waals surface area (Å²) in [7, 11) is 0. The SMILES string of the molecule is Cc1cc(C)n(CCC(=O)NCCCCO)n1. The van der Waals surface area contributed by atoms with Crippen LogP contribution in [0.1, 0.15) is 30.7 Å². The molecular weight excluding hydrogens is 218 g/mol. The van der Waals surface area contributed by atoms with Crippen LogP contribution in [0.5, 0.6) is 0 Å². The van der Waals surface area contributed by atoms with Crippen LogP contribution >= 0.6 is 0 Å². The first-order valence-corrected chi connectivity index (χ1v) is 6.02. The summed E-state index contributed by atoms with van der Waals surface area (Å²) in [5.41, 5.74) is 2.06. The van der Waals surface area contributed by atoms with Crippen molar-refractivity contribution in [1.82, 2.24) is 15.1 Å². The molecule has 0 aromatic carbocycles. The molecule has 0 fully saturated rings. The zero-order valence-corrected chi connectivity index (χ0v) is 10.6. The van der Waals surface area contributed by atoms with Gasteiger partial charge in [-0.2, -0.15) is 5.10 Å². The molecule has 0 radical (unpaired) electrons. The second-order valence-corrected chi connectivity index (χ2v) is 4.18. The highest BCUT2D eigenvalue weighted by atomic mass is 16.2. The zero-order valence-electron chi connectivity index (χ0n) is 10.6. The van der Waals surface area contributed by atoms with E-state index in [2.05, 4.69) is 10.4 Å². The average Bonchev–Trinajstić information content (AvgIpc) is 2.61. The van der Waals surface area contributed by atoms with Crippen molar-refractivity contribution in [3.8, 4) is 0 Å². The quantitative estimate of drug-likeness (QED) is 0.691. The summed E-state index contributed by atoms with van der Waals surface area (Å²) in [5.74, 6) is 0.0375. The van der Waals surface area contributed by atoms with Crippen LogP contribution in [0.25, 0.3) is 0 Å². The Bertz CT molecular complexity index is 361. The summed E-state index contributed by atoms with van der Waals surface area (Å²) in [6.45, 7) is 5.36. The lowest BCUT2D eigenvalue weighted by atomic mass is 10.3. The van der Waals surface area contributed by atoms with Gasteiger partial charge in [-0.3, -0.25) is 9.48 Å². The third-order valence-corrected chi connectivity index (χ3v) is 2.56. The smallest absolute Gasteiger partial charge is 0.221 e. The van der Waals surface area contributed by atoms with Crippen LogP contribution in [0.15, 0.2) is 6.07 Å². The number of nitrogens with one attached hydrogen (secondary N) is 1. The second kappa shape index (κ2) is 7.06. The number of unbranched alkanes of at least 4 members (excludes halogenated alkanes) is 1. The molecule has 0 saturated heterocycles. The highest BCUT2D eigenvalue weighted by Gasteiger charge is 2.04. The molecule has 1 aromatic heterocycles. The van der Waals surface area contributed by atoms with Gasteiger partial charge in [0.25, 0.3) is 0 Å². The molecule has 5 heteroatoms. The molecule has 17 heavy (non-hydrogen) atoms. The van der Waals surface area contributed by atoms with Gasteiger partial charge in [-0.05, 0) is 32.8 Å². The van der Waals surface area contributed by atoms with Crippen LogP contribution < -0.4 is 5.32 Å². The normalized spacial score (nSPS) is 10.5. The highest BCUT2D eigenvalue weighted by molar-refractivity contribution is 5.75. The van der Waals surface area contributed by atoms with Crippen LogP contribution in [0.4, 0.5) is 0 Å². The minimum Gasteiger partial charge on any atom is -0.396 e. The maximum atomic E-state index is 11.5. The first-order valence-electron chi connectivity index (χ1n) is 6.02. The summed E-state index contributed by atoms with van der Waals surface area (Å²) in [4.78, 5) is 11.5. The molecule has 1 aromatic rings. The number of aliphatic hydroxyl groups is 1. The zero-order chi connectivity index (χ0) is 12.7. The molecule has 1 heterocycles. The van der Waals surface area contributed by atoms with E-state index in [4.69, 9.17) is 5.11 Å². The third kappa shape index (κ3) is 4.99. The van der Waals surface area contributed by atoms with E-state index in [1.54, 1.807) is 0 Å². The minimum absolute atomic E-state index is 0.0375. The van der Waals surface area contributed by atoms with E-state index in [0.29, 0.717) is 19.5 Å². The molecule has 1 rings (SSSR count). The standard InChI is InChI=1S/C12H21N3O2/c1-10-9-11(2)15(14-10)7-5-12(17)13-6-3-4-8-16/h9,16H,3-8H2,1-2H3,(H,13,17). The van der Waals surface area contributed by atoms with E-state index < -0.39 is 0 Å². The first-order chi connectivity index (χ1) is 8.13. The lowest BCUT2D eigenvalue weighted by Crippen LogP contribution is -2.25. The average molecular weight is 239 g/mol. The van der Waals surface area contributed by atoms with Crippen molar-refractivity contribution in [3.63, 3.8) is 0 Å². The largest absolute Gasteiger partial charge is 0.396 e. The van der Waals surface area contributed by atoms with E-state index in [0.717, 1.165) is 24.2 Å². The molecule has 0 bridgehead atoms. The maximum absolute atomic E-state index is 11.5. The van der Waals surface area contributed by atoms with Crippen LogP contribution in [0.3, 0.4) is 0 Å². The summed E-state index contributed by atoms with van der Waals surface area (Å²) >= 11 is 0. The van der Waals surface area contributed by atoms with Crippen molar-refractivity contribution in [2.75, 3.05) is 13.2 Å². The number of amides is 1. The van der Waals surface area contributed by atoms with Crippen molar-refractivity contribution in [3.05, 3.63) is 17.5 Å². The number of aliphatic hydroxyl groups excluding tert-OH is 1. The Morgan fingerprint density at radius 3 is 2.82 bits per heavy atom. The van der Waals surface area contributed by atoms with E-state index in [9.17, 15) is 4.79 Å². The van der Waals surface area contributed by atoms with Crippen molar-refractivity contribution < 1.29 is 9.90 Å². The Labute approximate surface area is 102 Å². The number of aryl methyl sites for hydroxylation is 3. The maximum Gasteiger partial charge on any atom is 0.221 e. The predicted octanol–water partition coefficient (Wildman–Crippen LogP) is 0.779. The Balaban J connectivity index is 2.21. The van der Waals surface area contributed by atoms with E-state index in [-0.39, 0.29) is 12.5 Å². The molecule has 0 aliphatic heterocycles. The van der Waals surface area contributed by atoms with Gasteiger partial charge in [0.1, 0.15) is 0 Å². The molecule has 2 N–H and O–H groups in total. The summed E-state index contributed by atoms with van der Waals surface area (Å²) in [5, 5.41) is 15.7. The predicted molar refractivity (Wildman–Crippen MR) is 65.6 cm³/mol. The Hall–Kier alpha value is -1.36. The molecule has 0 atom stereocenters. The second-order valence-electron chi connectivity index (χ2n) is 4.18. The van der Waals surface area contributed by atoms with Gasteiger partial charge >= 0.3 is 0 Å². The Morgan fingerprint density at radius 2 is 2.24 bits per heavy atom. The number of rotatable bonds is 7. The number of carbonyl (C=O) groups is 1. The minimum atomic E-state index is 0.0375. The molecule has 96 valence electrons. The van der Waals surface area contributed by atoms with Crippen LogP contribution in [-0.2, 0) is 11.3 Å². The molecule has 5 nitrogen and oxygen atoms in total. The molecule has 0 unspecified atom stereocenters. The lowest BCUT2D eigenvalue weighted by molar-refractivity contribution is -0.121. The summed E-state index contributed by atoms with van der Waals surface area (Å²) in [6.07, 6.45) is 2.00. The van der Waals surface area contributed by atoms with Gasteiger partial charge in [0.05, 0.1) is 5.69 Å². The van der Waals surface area contributed by atoms with Crippen LogP contribution in [0, 0.1) is 13.8 Å². The van der Waals surface area contributed by atoms with Crippen molar-refractivity contribution >= 4 is 5.91 Å². The molecular formula is C12H21N3O2. The van der Waals surface area contributed by atoms with E-state index in [1.807, 2.05) is 24.6 Å². The van der Waals surface area contributed by atoms with E-state index >= 15 is 0 Å². The fourth-order valence-electron chi connectivity index (χ4n) is 1.66. The monoisotopic (exact) mass is 239 g/mol. The van der Waals surface area contributed by atoms with Crippen LogP contribution in [-0.4, -0.2) is 33.9 Å². The van der Waals surface area contributed by atoms with Gasteiger partial charge in [-0.1, -0.05) is 0 Å². The van der Waals surface area contributed by atoms with Gasteiger partial charge in [0, 0.05) is 31.8 Å². The Morgan fingerprint density at radius 1 is 1.47 bits per heavy atom. The van der Waals surface area contributed by atoms with Gasteiger partial charge in [-0.15, -0.1) is 0 Å². The van der Waals surface area contributed by atoms with E-state index in [1.165, 1.54) is 0 Å². The third-order valence-electron chi connectivity index (χ3n) is 2.56. The highest BCUT2D eigenvalue weighted by Crippen LogP contribution is 2.02. The van der Waals surface area contributed by atoms with Gasteiger partial charge < -0.3 is 10.4 Å². The number of nitrogens with zero attached hydrogens (tertiary/aromatic N) is 2. The van der Waals surface area contributed by atoms with Crippen molar-refractivity contribution in [2.24, 2.45) is 0 Å². The molecule has 1 amide bonds. The summed E-state index contributed by atoms with van der Waals surface area (Å²) in [6, 6.07) is 2.00. The first kappa shape index (κ1) is 13.7. The Kier molecular flexibility index (Phi) is 5.69. The number of carbonyl (C=O) groups excluding carboxylic acids is 1. The summed E-state index contributed by atoms with van der Waals surface area (Å²) < 4.78 is 1.85. The number of hydrogen-bond acceptors (Lipinski definition) is 3. The number of hydrogen-bond donors (Lipinski definition) is 2. The molecule has 0 aliphatic rings. The van der Waals surface area contributed by atoms with Gasteiger partial charge in [-0.25, -0.2) is 0 Å². The number of aromatic nitrogens is 2. The lowest BCUT2D eigenvalue weighted by Gasteiger charge is -2.06. The molecule has 0 aliphatic carbocycles. The fourth-order valence-corrected chi connectivity index (χ4v) is 1.66. The van der Waals surface area contributed by atoms with Gasteiger partial charge in [0.2, 0.25) is 5.91 Å². The van der Waals surface area contributed by atoms with Crippen LogP contribution in [0.2, 0.25) is 0 Å². The van der Waals surface area contributed by atoms with Crippen molar-refractivity contribution in [1.29, 1.82) is 0 Å². The fraction of sp³-hybridized carbons (Fsp3) is 0.667. The van der Waals surface area contributed by atoms with Gasteiger partial charge in [0.15, 0.2) is 0 Å². The molecule has 0 spiro atoms. The molecule has 0 saturated carbocycles. The topological polar surface area (TPSA) is 67.2 Å².